The van der Waals surface area contributed by atoms with E-state index in [2.05, 4.69) is 42.1 Å². The monoisotopic (exact) mass is 267 g/mol. The molecule has 0 saturated heterocycles. The average Bonchev–Trinajstić information content (AvgIpc) is 2.35. The first-order valence-electron chi connectivity index (χ1n) is 5.97. The minimum absolute atomic E-state index is 0.171. The fraction of sp³-hybridized carbons (Fsp3) is 0.500. The molecule has 18 heavy (non-hydrogen) atoms. The molecule has 1 rings (SSSR count). The minimum Gasteiger partial charge on any atom is -0.468 e. The smallest absolute Gasteiger partial charge is 0.315 e. The summed E-state index contributed by atoms with van der Waals surface area (Å²) in [6, 6.07) is 6.73. The zero-order valence-corrected chi connectivity index (χ0v) is 12.3. The number of esters is 1. The van der Waals surface area contributed by atoms with Crippen molar-refractivity contribution >= 4 is 17.7 Å². The van der Waals surface area contributed by atoms with Gasteiger partial charge in [0.05, 0.1) is 12.9 Å². The van der Waals surface area contributed by atoms with Gasteiger partial charge in [-0.25, -0.2) is 0 Å². The van der Waals surface area contributed by atoms with Gasteiger partial charge >= 0.3 is 5.97 Å². The van der Waals surface area contributed by atoms with Crippen molar-refractivity contribution in [2.45, 2.75) is 19.9 Å². The predicted molar refractivity (Wildman–Crippen MR) is 77.1 cm³/mol. The van der Waals surface area contributed by atoms with Crippen LogP contribution in [-0.4, -0.2) is 31.6 Å². The Morgan fingerprint density at radius 2 is 2.17 bits per heavy atom. The van der Waals surface area contributed by atoms with E-state index in [1.54, 1.807) is 11.8 Å². The fourth-order valence-electron chi connectivity index (χ4n) is 1.86. The summed E-state index contributed by atoms with van der Waals surface area (Å²) in [5.41, 5.74) is 3.85. The third kappa shape index (κ3) is 4.35. The zero-order valence-electron chi connectivity index (χ0n) is 11.4. The van der Waals surface area contributed by atoms with E-state index >= 15 is 0 Å². The van der Waals surface area contributed by atoms with Gasteiger partial charge in [-0.1, -0.05) is 23.8 Å². The van der Waals surface area contributed by atoms with Gasteiger partial charge in [-0.05, 0) is 32.0 Å². The lowest BCUT2D eigenvalue weighted by Crippen LogP contribution is -2.20. The molecule has 0 fully saturated rings. The maximum Gasteiger partial charge on any atom is 0.315 e. The van der Waals surface area contributed by atoms with Crippen molar-refractivity contribution in [3.05, 3.63) is 34.9 Å². The van der Waals surface area contributed by atoms with E-state index < -0.39 is 0 Å². The summed E-state index contributed by atoms with van der Waals surface area (Å²) in [4.78, 5) is 11.1. The number of benzene rings is 1. The Morgan fingerprint density at radius 1 is 1.44 bits per heavy atom. The number of carbonyl (C=O) groups excluding carboxylic acids is 1. The Labute approximate surface area is 113 Å². The summed E-state index contributed by atoms with van der Waals surface area (Å²) in [7, 11) is 3.37. The Morgan fingerprint density at radius 3 is 2.72 bits per heavy atom. The van der Waals surface area contributed by atoms with Gasteiger partial charge in [0.15, 0.2) is 0 Å². The number of hydrogen-bond donors (Lipinski definition) is 1. The maximum absolute atomic E-state index is 11.1. The molecule has 1 aromatic carbocycles. The highest BCUT2D eigenvalue weighted by molar-refractivity contribution is 7.99. The van der Waals surface area contributed by atoms with E-state index in [4.69, 9.17) is 0 Å². The van der Waals surface area contributed by atoms with Crippen molar-refractivity contribution < 1.29 is 9.53 Å². The van der Waals surface area contributed by atoms with Gasteiger partial charge in [0, 0.05) is 11.8 Å². The molecule has 1 atom stereocenters. The van der Waals surface area contributed by atoms with Gasteiger partial charge in [-0.15, -0.1) is 11.8 Å². The molecule has 0 aliphatic carbocycles. The van der Waals surface area contributed by atoms with Gasteiger partial charge in [-0.2, -0.15) is 0 Å². The number of thioether (sulfide) groups is 1. The van der Waals surface area contributed by atoms with Crippen molar-refractivity contribution in [2.24, 2.45) is 0 Å². The molecule has 0 aliphatic rings. The van der Waals surface area contributed by atoms with Crippen LogP contribution in [0.15, 0.2) is 18.2 Å². The number of nitrogens with one attached hydrogen (secondary N) is 1. The summed E-state index contributed by atoms with van der Waals surface area (Å²) in [5, 5.41) is 3.30. The second kappa shape index (κ2) is 7.44. The summed E-state index contributed by atoms with van der Waals surface area (Å²) >= 11 is 1.59. The normalized spacial score (nSPS) is 12.2. The molecule has 3 nitrogen and oxygen atoms in total. The molecule has 0 radical (unpaired) electrons. The summed E-state index contributed by atoms with van der Waals surface area (Å²) < 4.78 is 4.63. The second-order valence-electron chi connectivity index (χ2n) is 4.29. The molecule has 0 spiro atoms. The first kappa shape index (κ1) is 15.1. The molecule has 0 bridgehead atoms. The van der Waals surface area contributed by atoms with Crippen LogP contribution in [0, 0.1) is 13.8 Å². The zero-order chi connectivity index (χ0) is 13.5. The van der Waals surface area contributed by atoms with Gasteiger partial charge in [-0.3, -0.25) is 4.79 Å². The molecule has 0 saturated carbocycles. The predicted octanol–water partition coefficient (Wildman–Crippen LogP) is 2.47. The van der Waals surface area contributed by atoms with Crippen molar-refractivity contribution in [1.29, 1.82) is 0 Å². The molecule has 0 aliphatic heterocycles. The van der Waals surface area contributed by atoms with Gasteiger partial charge in [0.2, 0.25) is 0 Å². The number of rotatable bonds is 6. The number of ether oxygens (including phenoxy) is 1. The van der Waals surface area contributed by atoms with Crippen LogP contribution in [-0.2, 0) is 9.53 Å². The Hall–Kier alpha value is -1.00. The van der Waals surface area contributed by atoms with Crippen LogP contribution in [0.1, 0.15) is 22.7 Å². The third-order valence-corrected chi connectivity index (χ3v) is 3.89. The number of methoxy groups -OCH3 is 1. The Bertz CT molecular complexity index is 407. The van der Waals surface area contributed by atoms with Crippen LogP contribution in [0.2, 0.25) is 0 Å². The van der Waals surface area contributed by atoms with Crippen molar-refractivity contribution in [2.75, 3.05) is 25.7 Å². The number of hydrogen-bond acceptors (Lipinski definition) is 4. The fourth-order valence-corrected chi connectivity index (χ4v) is 2.85. The quantitative estimate of drug-likeness (QED) is 0.804. The molecule has 0 amide bonds. The lowest BCUT2D eigenvalue weighted by Gasteiger charge is -2.18. The Kier molecular flexibility index (Phi) is 6.22. The average molecular weight is 267 g/mol. The van der Waals surface area contributed by atoms with Crippen LogP contribution in [0.4, 0.5) is 0 Å². The second-order valence-corrected chi connectivity index (χ2v) is 5.32. The van der Waals surface area contributed by atoms with E-state index in [0.717, 1.165) is 5.75 Å². The Balaban J connectivity index is 2.62. The number of carbonyl (C=O) groups is 1. The van der Waals surface area contributed by atoms with Crippen LogP contribution >= 0.6 is 11.8 Å². The third-order valence-electron chi connectivity index (χ3n) is 2.88. The van der Waals surface area contributed by atoms with Crippen LogP contribution < -0.4 is 5.32 Å². The SMILES string of the molecule is CNC(CSCC(=O)OC)c1ccc(C)cc1C. The highest BCUT2D eigenvalue weighted by Gasteiger charge is 2.12. The summed E-state index contributed by atoms with van der Waals surface area (Å²) in [5.74, 6) is 1.09. The van der Waals surface area contributed by atoms with Crippen molar-refractivity contribution in [1.82, 2.24) is 5.32 Å². The summed E-state index contributed by atoms with van der Waals surface area (Å²) in [6.45, 7) is 4.22. The van der Waals surface area contributed by atoms with Gasteiger partial charge in [0.25, 0.3) is 0 Å². The standard InChI is InChI=1S/C14H21NO2S/c1-10-5-6-12(11(2)7-10)13(15-3)8-18-9-14(16)17-4/h5-7,13,15H,8-9H2,1-4H3. The van der Waals surface area contributed by atoms with Crippen molar-refractivity contribution in [3.8, 4) is 0 Å². The van der Waals surface area contributed by atoms with Gasteiger partial charge in [0.1, 0.15) is 0 Å². The highest BCUT2D eigenvalue weighted by Crippen LogP contribution is 2.22. The highest BCUT2D eigenvalue weighted by atomic mass is 32.2. The molecular formula is C14H21NO2S. The van der Waals surface area contributed by atoms with E-state index in [9.17, 15) is 4.79 Å². The molecule has 1 N–H and O–H groups in total. The lowest BCUT2D eigenvalue weighted by molar-refractivity contribution is -0.137. The first-order valence-corrected chi connectivity index (χ1v) is 7.13. The first-order chi connectivity index (χ1) is 8.58. The molecule has 1 unspecified atom stereocenters. The van der Waals surface area contributed by atoms with E-state index in [-0.39, 0.29) is 12.0 Å². The van der Waals surface area contributed by atoms with E-state index in [1.807, 2.05) is 7.05 Å². The minimum atomic E-state index is -0.171. The maximum atomic E-state index is 11.1. The molecule has 100 valence electrons. The molecular weight excluding hydrogens is 246 g/mol. The van der Waals surface area contributed by atoms with E-state index in [0.29, 0.717) is 5.75 Å². The van der Waals surface area contributed by atoms with Crippen LogP contribution in [0.25, 0.3) is 0 Å². The molecule has 4 heteroatoms. The van der Waals surface area contributed by atoms with Crippen LogP contribution in [0.3, 0.4) is 0 Å². The molecule has 0 aromatic heterocycles. The molecule has 1 aromatic rings. The topological polar surface area (TPSA) is 38.3 Å². The lowest BCUT2D eigenvalue weighted by atomic mass is 10.0. The number of aryl methyl sites for hydroxylation is 2. The molecule has 0 heterocycles. The van der Waals surface area contributed by atoms with E-state index in [1.165, 1.54) is 23.8 Å². The van der Waals surface area contributed by atoms with Crippen molar-refractivity contribution in [3.63, 3.8) is 0 Å². The summed E-state index contributed by atoms with van der Waals surface area (Å²) in [6.07, 6.45) is 0. The van der Waals surface area contributed by atoms with Crippen LogP contribution in [0.5, 0.6) is 0 Å². The van der Waals surface area contributed by atoms with Gasteiger partial charge < -0.3 is 10.1 Å². The largest absolute Gasteiger partial charge is 0.468 e.